The Morgan fingerprint density at radius 2 is 1.56 bits per heavy atom. The average molecular weight is 351 g/mol. The Morgan fingerprint density at radius 3 is 2.12 bits per heavy atom. The van der Waals surface area contributed by atoms with Crippen LogP contribution in [0.15, 0.2) is 54.6 Å². The van der Waals surface area contributed by atoms with Gasteiger partial charge in [-0.15, -0.1) is 0 Å². The van der Waals surface area contributed by atoms with Gasteiger partial charge >= 0.3 is 12.1 Å². The van der Waals surface area contributed by atoms with E-state index in [1.54, 1.807) is 54.7 Å². The standard InChI is InChI=1S/C17H16F3N3O2/c1-11-7-9-12(10-8-11)14(21-16(25)17(18,19)20)15(24)23-22-13-5-3-2-4-6-13/h2-10,14,22H,1H3,(H,21,25)(H,23,24). The first-order chi connectivity index (χ1) is 11.8. The average Bonchev–Trinajstić information content (AvgIpc) is 2.58. The van der Waals surface area contributed by atoms with Gasteiger partial charge in [0, 0.05) is 0 Å². The predicted molar refractivity (Wildman–Crippen MR) is 86.3 cm³/mol. The third-order valence-electron chi connectivity index (χ3n) is 3.31. The third-order valence-corrected chi connectivity index (χ3v) is 3.31. The minimum Gasteiger partial charge on any atom is -0.333 e. The maximum atomic E-state index is 12.5. The van der Waals surface area contributed by atoms with E-state index in [1.807, 2.05) is 0 Å². The molecule has 0 radical (unpaired) electrons. The Kier molecular flexibility index (Phi) is 5.63. The normalized spacial score (nSPS) is 12.2. The summed E-state index contributed by atoms with van der Waals surface area (Å²) in [6.45, 7) is 1.80. The van der Waals surface area contributed by atoms with E-state index in [0.29, 0.717) is 5.69 Å². The van der Waals surface area contributed by atoms with Crippen LogP contribution in [0, 0.1) is 6.92 Å². The minimum atomic E-state index is -5.09. The molecule has 0 aromatic heterocycles. The zero-order valence-corrected chi connectivity index (χ0v) is 13.2. The molecule has 0 aliphatic carbocycles. The van der Waals surface area contributed by atoms with Gasteiger partial charge in [-0.25, -0.2) is 0 Å². The first-order valence-electron chi connectivity index (χ1n) is 7.32. The molecule has 0 fully saturated rings. The van der Waals surface area contributed by atoms with Crippen LogP contribution in [0.4, 0.5) is 18.9 Å². The van der Waals surface area contributed by atoms with Crippen molar-refractivity contribution in [1.29, 1.82) is 0 Å². The molecule has 8 heteroatoms. The molecule has 2 aromatic carbocycles. The number of benzene rings is 2. The number of aryl methyl sites for hydroxylation is 1. The topological polar surface area (TPSA) is 70.2 Å². The first kappa shape index (κ1) is 18.3. The lowest BCUT2D eigenvalue weighted by Gasteiger charge is -2.20. The van der Waals surface area contributed by atoms with Crippen LogP contribution in [0.5, 0.6) is 0 Å². The molecule has 3 N–H and O–H groups in total. The second-order valence-electron chi connectivity index (χ2n) is 5.30. The van der Waals surface area contributed by atoms with E-state index in [1.165, 1.54) is 12.1 Å². The number of carbonyl (C=O) groups excluding carboxylic acids is 2. The molecule has 0 aliphatic heterocycles. The van der Waals surface area contributed by atoms with Crippen molar-refractivity contribution < 1.29 is 22.8 Å². The number of anilines is 1. The molecule has 1 unspecified atom stereocenters. The number of alkyl halides is 3. The van der Waals surface area contributed by atoms with Gasteiger partial charge in [-0.1, -0.05) is 48.0 Å². The Hall–Kier alpha value is -3.03. The zero-order valence-electron chi connectivity index (χ0n) is 13.2. The molecule has 0 saturated carbocycles. The predicted octanol–water partition coefficient (Wildman–Crippen LogP) is 2.86. The molecule has 0 bridgehead atoms. The monoisotopic (exact) mass is 351 g/mol. The van der Waals surface area contributed by atoms with Gasteiger partial charge in [0.15, 0.2) is 0 Å². The summed E-state index contributed by atoms with van der Waals surface area (Å²) in [6.07, 6.45) is -5.09. The van der Waals surface area contributed by atoms with Crippen molar-refractivity contribution in [2.24, 2.45) is 0 Å². The van der Waals surface area contributed by atoms with Crippen LogP contribution in [0.2, 0.25) is 0 Å². The van der Waals surface area contributed by atoms with E-state index < -0.39 is 24.0 Å². The van der Waals surface area contributed by atoms with Gasteiger partial charge in [-0.05, 0) is 24.6 Å². The van der Waals surface area contributed by atoms with E-state index in [-0.39, 0.29) is 5.56 Å². The van der Waals surface area contributed by atoms with Crippen LogP contribution in [0.3, 0.4) is 0 Å². The fourth-order valence-electron chi connectivity index (χ4n) is 2.00. The van der Waals surface area contributed by atoms with Crippen LogP contribution in [0.1, 0.15) is 17.2 Å². The van der Waals surface area contributed by atoms with Gasteiger partial charge < -0.3 is 5.32 Å². The number of carbonyl (C=O) groups is 2. The summed E-state index contributed by atoms with van der Waals surface area (Å²) in [7, 11) is 0. The summed E-state index contributed by atoms with van der Waals surface area (Å²) in [5.41, 5.74) is 6.53. The number of para-hydroxylation sites is 1. The molecular weight excluding hydrogens is 335 g/mol. The molecule has 0 heterocycles. The Bertz CT molecular complexity index is 731. The van der Waals surface area contributed by atoms with Crippen LogP contribution in [-0.2, 0) is 9.59 Å². The first-order valence-corrected chi connectivity index (χ1v) is 7.32. The molecular formula is C17H16F3N3O2. The molecule has 2 rings (SSSR count). The number of halogens is 3. The van der Waals surface area contributed by atoms with E-state index in [2.05, 4.69) is 10.9 Å². The van der Waals surface area contributed by atoms with Crippen molar-refractivity contribution in [1.82, 2.24) is 10.7 Å². The van der Waals surface area contributed by atoms with Crippen molar-refractivity contribution in [3.05, 3.63) is 65.7 Å². The van der Waals surface area contributed by atoms with Crippen molar-refractivity contribution in [2.75, 3.05) is 5.43 Å². The Balaban J connectivity index is 2.16. The van der Waals surface area contributed by atoms with Gasteiger partial charge in [0.2, 0.25) is 0 Å². The quantitative estimate of drug-likeness (QED) is 0.726. The number of hydrogen-bond donors (Lipinski definition) is 3. The van der Waals surface area contributed by atoms with Crippen LogP contribution in [0.25, 0.3) is 0 Å². The fourth-order valence-corrected chi connectivity index (χ4v) is 2.00. The highest BCUT2D eigenvalue weighted by Crippen LogP contribution is 2.19. The van der Waals surface area contributed by atoms with Crippen LogP contribution < -0.4 is 16.2 Å². The maximum Gasteiger partial charge on any atom is 0.471 e. The molecule has 0 spiro atoms. The van der Waals surface area contributed by atoms with E-state index in [9.17, 15) is 22.8 Å². The number of hydrogen-bond acceptors (Lipinski definition) is 3. The molecule has 0 saturated heterocycles. The lowest BCUT2D eigenvalue weighted by Crippen LogP contribution is -2.46. The lowest BCUT2D eigenvalue weighted by molar-refractivity contribution is -0.174. The number of nitrogens with one attached hydrogen (secondary N) is 3. The minimum absolute atomic E-state index is 0.232. The molecule has 1 atom stereocenters. The van der Waals surface area contributed by atoms with Crippen molar-refractivity contribution in [2.45, 2.75) is 19.1 Å². The van der Waals surface area contributed by atoms with Gasteiger partial charge in [-0.2, -0.15) is 13.2 Å². The van der Waals surface area contributed by atoms with Gasteiger partial charge in [-0.3, -0.25) is 20.4 Å². The smallest absolute Gasteiger partial charge is 0.333 e. The lowest BCUT2D eigenvalue weighted by atomic mass is 10.0. The van der Waals surface area contributed by atoms with E-state index in [0.717, 1.165) is 5.56 Å². The second kappa shape index (κ2) is 7.69. The molecule has 2 amide bonds. The summed E-state index contributed by atoms with van der Waals surface area (Å²) in [6, 6.07) is 13.3. The Labute approximate surface area is 142 Å². The summed E-state index contributed by atoms with van der Waals surface area (Å²) in [5.74, 6) is -3.02. The van der Waals surface area contributed by atoms with Crippen molar-refractivity contribution >= 4 is 17.5 Å². The molecule has 0 aliphatic rings. The van der Waals surface area contributed by atoms with E-state index >= 15 is 0 Å². The highest BCUT2D eigenvalue weighted by Gasteiger charge is 2.41. The van der Waals surface area contributed by atoms with Gasteiger partial charge in [0.05, 0.1) is 5.69 Å². The summed E-state index contributed by atoms with van der Waals surface area (Å²) in [5, 5.41) is 1.71. The molecule has 2 aromatic rings. The third kappa shape index (κ3) is 5.23. The summed E-state index contributed by atoms with van der Waals surface area (Å²) < 4.78 is 37.6. The number of rotatable bonds is 5. The summed E-state index contributed by atoms with van der Waals surface area (Å²) >= 11 is 0. The zero-order chi connectivity index (χ0) is 18.4. The van der Waals surface area contributed by atoms with Gasteiger partial charge in [0.1, 0.15) is 6.04 Å². The van der Waals surface area contributed by atoms with Crippen molar-refractivity contribution in [3.63, 3.8) is 0 Å². The molecule has 5 nitrogen and oxygen atoms in total. The van der Waals surface area contributed by atoms with Crippen LogP contribution in [-0.4, -0.2) is 18.0 Å². The van der Waals surface area contributed by atoms with Gasteiger partial charge in [0.25, 0.3) is 5.91 Å². The highest BCUT2D eigenvalue weighted by molar-refractivity contribution is 5.91. The molecule has 25 heavy (non-hydrogen) atoms. The molecule has 132 valence electrons. The number of amides is 2. The maximum absolute atomic E-state index is 12.5. The largest absolute Gasteiger partial charge is 0.471 e. The second-order valence-corrected chi connectivity index (χ2v) is 5.30. The Morgan fingerprint density at radius 1 is 0.960 bits per heavy atom. The highest BCUT2D eigenvalue weighted by atomic mass is 19.4. The van der Waals surface area contributed by atoms with E-state index in [4.69, 9.17) is 0 Å². The summed E-state index contributed by atoms with van der Waals surface area (Å²) in [4.78, 5) is 23.6. The number of hydrazine groups is 1. The SMILES string of the molecule is Cc1ccc(C(NC(=O)C(F)(F)F)C(=O)NNc2ccccc2)cc1. The van der Waals surface area contributed by atoms with Crippen LogP contribution >= 0.6 is 0 Å². The fraction of sp³-hybridized carbons (Fsp3) is 0.176. The van der Waals surface area contributed by atoms with Crippen molar-refractivity contribution in [3.8, 4) is 0 Å².